The molecule has 0 saturated heterocycles. The first-order valence-electron chi connectivity index (χ1n) is 9.87. The zero-order chi connectivity index (χ0) is 22.4. The number of hydrogen-bond donors (Lipinski definition) is 2. The van der Waals surface area contributed by atoms with Crippen LogP contribution >= 0.6 is 11.8 Å². The third kappa shape index (κ3) is 6.35. The Balaban J connectivity index is 1.56. The summed E-state index contributed by atoms with van der Waals surface area (Å²) in [7, 11) is -3.72. The molecule has 162 valence electrons. The molecule has 2 N–H and O–H groups in total. The zero-order valence-electron chi connectivity index (χ0n) is 17.8. The van der Waals surface area contributed by atoms with Gasteiger partial charge in [-0.1, -0.05) is 48.0 Å². The zero-order valence-corrected chi connectivity index (χ0v) is 19.4. The molecule has 3 rings (SSSR count). The van der Waals surface area contributed by atoms with Gasteiger partial charge in [0.15, 0.2) is 0 Å². The number of rotatable bonds is 8. The lowest BCUT2D eigenvalue weighted by Gasteiger charge is -2.13. The summed E-state index contributed by atoms with van der Waals surface area (Å²) in [6, 6.07) is 20.0. The Hall–Kier alpha value is -2.77. The van der Waals surface area contributed by atoms with E-state index in [1.54, 1.807) is 12.1 Å². The van der Waals surface area contributed by atoms with E-state index in [1.165, 1.54) is 35.0 Å². The number of para-hydroxylation sites is 1. The van der Waals surface area contributed by atoms with Crippen molar-refractivity contribution < 1.29 is 13.2 Å². The van der Waals surface area contributed by atoms with Gasteiger partial charge >= 0.3 is 0 Å². The highest BCUT2D eigenvalue weighted by atomic mass is 32.2. The average molecular weight is 455 g/mol. The van der Waals surface area contributed by atoms with E-state index in [9.17, 15) is 13.2 Å². The second kappa shape index (κ2) is 10.0. The minimum absolute atomic E-state index is 0.124. The maximum atomic E-state index is 12.7. The number of hydrogen-bond acceptors (Lipinski definition) is 4. The van der Waals surface area contributed by atoms with Gasteiger partial charge in [0.1, 0.15) is 0 Å². The first-order valence-corrected chi connectivity index (χ1v) is 12.5. The molecule has 0 aliphatic carbocycles. The Morgan fingerprint density at radius 1 is 0.871 bits per heavy atom. The molecular weight excluding hydrogens is 428 g/mol. The number of anilines is 2. The number of aryl methyl sites for hydroxylation is 3. The average Bonchev–Trinajstić information content (AvgIpc) is 2.73. The minimum atomic E-state index is -3.72. The monoisotopic (exact) mass is 454 g/mol. The standard InChI is InChI=1S/C24H26N2O3S2/c1-17-7-9-20(10-8-17)15-30-16-23(27)25-21-11-13-22(14-12-21)31(28,29)26-24-18(2)5-4-6-19(24)3/h4-14,26H,15-16H2,1-3H3,(H,25,27). The van der Waals surface area contributed by atoms with Crippen molar-refractivity contribution in [2.24, 2.45) is 0 Å². The van der Waals surface area contributed by atoms with Crippen molar-refractivity contribution in [3.63, 3.8) is 0 Å². The highest BCUT2D eigenvalue weighted by Gasteiger charge is 2.16. The highest BCUT2D eigenvalue weighted by molar-refractivity contribution is 7.99. The Bertz CT molecular complexity index is 1140. The van der Waals surface area contributed by atoms with Gasteiger partial charge in [0.25, 0.3) is 10.0 Å². The molecule has 0 unspecified atom stereocenters. The summed E-state index contributed by atoms with van der Waals surface area (Å²) < 4.78 is 28.1. The summed E-state index contributed by atoms with van der Waals surface area (Å²) in [5.74, 6) is 0.957. The van der Waals surface area contributed by atoms with E-state index in [-0.39, 0.29) is 10.8 Å². The normalized spacial score (nSPS) is 11.2. The molecule has 0 spiro atoms. The molecule has 3 aromatic rings. The first-order chi connectivity index (χ1) is 14.7. The summed E-state index contributed by atoms with van der Waals surface area (Å²) in [4.78, 5) is 12.3. The summed E-state index contributed by atoms with van der Waals surface area (Å²) >= 11 is 1.53. The SMILES string of the molecule is Cc1ccc(CSCC(=O)Nc2ccc(S(=O)(=O)Nc3c(C)cccc3C)cc2)cc1. The second-order valence-electron chi connectivity index (χ2n) is 7.42. The molecule has 0 aliphatic rings. The Morgan fingerprint density at radius 2 is 1.48 bits per heavy atom. The third-order valence-corrected chi connectivity index (χ3v) is 7.16. The van der Waals surface area contributed by atoms with Gasteiger partial charge in [-0.2, -0.15) is 0 Å². The quantitative estimate of drug-likeness (QED) is 0.485. The maximum Gasteiger partial charge on any atom is 0.261 e. The van der Waals surface area contributed by atoms with Crippen LogP contribution in [0, 0.1) is 20.8 Å². The van der Waals surface area contributed by atoms with Crippen LogP contribution in [0.25, 0.3) is 0 Å². The lowest BCUT2D eigenvalue weighted by molar-refractivity contribution is -0.113. The van der Waals surface area contributed by atoms with E-state index in [1.807, 2.05) is 39.0 Å². The Morgan fingerprint density at radius 3 is 2.10 bits per heavy atom. The molecule has 0 bridgehead atoms. The van der Waals surface area contributed by atoms with Crippen LogP contribution < -0.4 is 10.0 Å². The summed E-state index contributed by atoms with van der Waals surface area (Å²) in [6.45, 7) is 5.77. The van der Waals surface area contributed by atoms with Crippen molar-refractivity contribution in [3.05, 3.63) is 89.0 Å². The second-order valence-corrected chi connectivity index (χ2v) is 10.1. The van der Waals surface area contributed by atoms with Gasteiger partial charge in [0.05, 0.1) is 16.3 Å². The first kappa shape index (κ1) is 22.9. The van der Waals surface area contributed by atoms with E-state index in [0.29, 0.717) is 17.1 Å². The molecule has 5 nitrogen and oxygen atoms in total. The molecule has 7 heteroatoms. The number of benzene rings is 3. The summed E-state index contributed by atoms with van der Waals surface area (Å²) in [5, 5.41) is 2.81. The molecule has 31 heavy (non-hydrogen) atoms. The highest BCUT2D eigenvalue weighted by Crippen LogP contribution is 2.24. The molecule has 0 fully saturated rings. The van der Waals surface area contributed by atoms with E-state index in [2.05, 4.69) is 34.3 Å². The van der Waals surface area contributed by atoms with Gasteiger partial charge in [-0.3, -0.25) is 9.52 Å². The smallest absolute Gasteiger partial charge is 0.261 e. The van der Waals surface area contributed by atoms with Crippen molar-refractivity contribution >= 4 is 39.1 Å². The minimum Gasteiger partial charge on any atom is -0.325 e. The van der Waals surface area contributed by atoms with E-state index in [4.69, 9.17) is 0 Å². The molecule has 0 heterocycles. The lowest BCUT2D eigenvalue weighted by Crippen LogP contribution is -2.16. The fourth-order valence-corrected chi connectivity index (χ4v) is 5.02. The van der Waals surface area contributed by atoms with Crippen LogP contribution in [-0.4, -0.2) is 20.1 Å². The van der Waals surface area contributed by atoms with Crippen LogP contribution in [0.15, 0.2) is 71.6 Å². The van der Waals surface area contributed by atoms with Gasteiger partial charge in [0.2, 0.25) is 5.91 Å². The van der Waals surface area contributed by atoms with Gasteiger partial charge < -0.3 is 5.32 Å². The van der Waals surface area contributed by atoms with E-state index in [0.717, 1.165) is 16.9 Å². The van der Waals surface area contributed by atoms with Gasteiger partial charge in [0, 0.05) is 11.4 Å². The number of amides is 1. The maximum absolute atomic E-state index is 12.7. The molecule has 0 aliphatic heterocycles. The van der Waals surface area contributed by atoms with Gasteiger partial charge in [-0.15, -0.1) is 11.8 Å². The van der Waals surface area contributed by atoms with Crippen LogP contribution in [0.1, 0.15) is 22.3 Å². The number of thioether (sulfide) groups is 1. The van der Waals surface area contributed by atoms with Crippen molar-refractivity contribution in [1.82, 2.24) is 0 Å². The molecule has 0 atom stereocenters. The number of carbonyl (C=O) groups excluding carboxylic acids is 1. The molecule has 3 aromatic carbocycles. The fraction of sp³-hybridized carbons (Fsp3) is 0.208. The van der Waals surface area contributed by atoms with E-state index < -0.39 is 10.0 Å². The Kier molecular flexibility index (Phi) is 7.41. The summed E-state index contributed by atoms with van der Waals surface area (Å²) in [5.41, 5.74) is 5.25. The van der Waals surface area contributed by atoms with Gasteiger partial charge in [-0.05, 0) is 61.7 Å². The van der Waals surface area contributed by atoms with Crippen LogP contribution in [0.2, 0.25) is 0 Å². The number of sulfonamides is 1. The largest absolute Gasteiger partial charge is 0.325 e. The van der Waals surface area contributed by atoms with Crippen molar-refractivity contribution in [2.75, 3.05) is 15.8 Å². The fourth-order valence-electron chi connectivity index (χ4n) is 3.03. The van der Waals surface area contributed by atoms with Crippen LogP contribution in [0.5, 0.6) is 0 Å². The Labute approximate surface area is 188 Å². The molecule has 0 aromatic heterocycles. The number of carbonyl (C=O) groups is 1. The van der Waals surface area contributed by atoms with Crippen LogP contribution in [0.4, 0.5) is 11.4 Å². The van der Waals surface area contributed by atoms with Gasteiger partial charge in [-0.25, -0.2) is 8.42 Å². The predicted octanol–water partition coefficient (Wildman–Crippen LogP) is 5.28. The van der Waals surface area contributed by atoms with Crippen molar-refractivity contribution in [2.45, 2.75) is 31.4 Å². The predicted molar refractivity (Wildman–Crippen MR) is 129 cm³/mol. The third-order valence-electron chi connectivity index (χ3n) is 4.79. The lowest BCUT2D eigenvalue weighted by atomic mass is 10.1. The molecule has 0 radical (unpaired) electrons. The van der Waals surface area contributed by atoms with Crippen LogP contribution in [-0.2, 0) is 20.6 Å². The molecular formula is C24H26N2O3S2. The van der Waals surface area contributed by atoms with Crippen LogP contribution in [0.3, 0.4) is 0 Å². The van der Waals surface area contributed by atoms with Crippen molar-refractivity contribution in [3.8, 4) is 0 Å². The number of nitrogens with one attached hydrogen (secondary N) is 2. The molecule has 1 amide bonds. The topological polar surface area (TPSA) is 75.3 Å². The van der Waals surface area contributed by atoms with E-state index >= 15 is 0 Å². The molecule has 0 saturated carbocycles. The van der Waals surface area contributed by atoms with Crippen molar-refractivity contribution in [1.29, 1.82) is 0 Å². The summed E-state index contributed by atoms with van der Waals surface area (Å²) in [6.07, 6.45) is 0.